The number of rotatable bonds is 6. The van der Waals surface area contributed by atoms with Crippen molar-refractivity contribution in [3.63, 3.8) is 0 Å². The number of ether oxygens (including phenoxy) is 2. The molecule has 2 aromatic rings. The number of phenolic OH excluding ortho intramolecular Hbond substituents is 2. The third-order valence-corrected chi connectivity index (χ3v) is 4.09. The Morgan fingerprint density at radius 1 is 0.960 bits per heavy atom. The van der Waals surface area contributed by atoms with Gasteiger partial charge in [0.05, 0.1) is 14.2 Å². The average molecular weight is 342 g/mol. The Kier molecular flexibility index (Phi) is 6.75. The van der Waals surface area contributed by atoms with Crippen LogP contribution in [0.4, 0.5) is 0 Å². The molecule has 0 spiro atoms. The molecule has 2 aromatic carbocycles. The molecule has 2 N–H and O–H groups in total. The minimum absolute atomic E-state index is 0.172. The molecule has 0 radical (unpaired) electrons. The van der Waals surface area contributed by atoms with E-state index in [4.69, 9.17) is 9.47 Å². The second-order valence-electron chi connectivity index (χ2n) is 6.15. The van der Waals surface area contributed by atoms with Crippen LogP contribution in [0.15, 0.2) is 49.1 Å². The van der Waals surface area contributed by atoms with Gasteiger partial charge in [0.2, 0.25) is 0 Å². The Balaban J connectivity index is 0.000000181. The van der Waals surface area contributed by atoms with Crippen molar-refractivity contribution in [3.05, 3.63) is 60.2 Å². The Morgan fingerprint density at radius 3 is 1.96 bits per heavy atom. The maximum atomic E-state index is 9.36. The number of methoxy groups -OCH3 is 2. The lowest BCUT2D eigenvalue weighted by atomic mass is 10.1. The van der Waals surface area contributed by atoms with E-state index in [0.717, 1.165) is 24.3 Å². The Labute approximate surface area is 149 Å². The SMILES string of the molecule is C=CCc1ccc(O)c(OC)c1.COc1cc(CC2CC2)ccc1O. The van der Waals surface area contributed by atoms with Gasteiger partial charge in [0.25, 0.3) is 0 Å². The van der Waals surface area contributed by atoms with Crippen LogP contribution in [0, 0.1) is 5.92 Å². The average Bonchev–Trinajstić information content (AvgIpc) is 3.43. The lowest BCUT2D eigenvalue weighted by Gasteiger charge is -2.05. The van der Waals surface area contributed by atoms with Crippen LogP contribution in [0.3, 0.4) is 0 Å². The van der Waals surface area contributed by atoms with E-state index < -0.39 is 0 Å². The van der Waals surface area contributed by atoms with Crippen molar-refractivity contribution in [2.45, 2.75) is 25.7 Å². The zero-order chi connectivity index (χ0) is 18.2. The number of phenols is 2. The van der Waals surface area contributed by atoms with Gasteiger partial charge < -0.3 is 19.7 Å². The predicted molar refractivity (Wildman–Crippen MR) is 99.6 cm³/mol. The van der Waals surface area contributed by atoms with Crippen molar-refractivity contribution < 1.29 is 19.7 Å². The molecule has 0 bridgehead atoms. The fraction of sp³-hybridized carbons (Fsp3) is 0.333. The quantitative estimate of drug-likeness (QED) is 0.760. The van der Waals surface area contributed by atoms with E-state index in [9.17, 15) is 10.2 Å². The summed E-state index contributed by atoms with van der Waals surface area (Å²) < 4.78 is 9.99. The van der Waals surface area contributed by atoms with Gasteiger partial charge in [-0.2, -0.15) is 0 Å². The van der Waals surface area contributed by atoms with Gasteiger partial charge in [-0.3, -0.25) is 0 Å². The van der Waals surface area contributed by atoms with Crippen LogP contribution < -0.4 is 9.47 Å². The summed E-state index contributed by atoms with van der Waals surface area (Å²) in [7, 11) is 3.11. The van der Waals surface area contributed by atoms with Gasteiger partial charge in [-0.1, -0.05) is 18.2 Å². The van der Waals surface area contributed by atoms with Gasteiger partial charge in [0.15, 0.2) is 23.0 Å². The molecule has 0 saturated heterocycles. The summed E-state index contributed by atoms with van der Waals surface area (Å²) in [6, 6.07) is 10.9. The zero-order valence-corrected chi connectivity index (χ0v) is 14.9. The highest BCUT2D eigenvalue weighted by Crippen LogP contribution is 2.35. The molecule has 1 saturated carbocycles. The van der Waals surface area contributed by atoms with Crippen LogP contribution in [0.25, 0.3) is 0 Å². The Morgan fingerprint density at radius 2 is 1.48 bits per heavy atom. The molecule has 0 aromatic heterocycles. The van der Waals surface area contributed by atoms with Crippen LogP contribution in [-0.2, 0) is 12.8 Å². The van der Waals surface area contributed by atoms with Crippen molar-refractivity contribution in [3.8, 4) is 23.0 Å². The normalized spacial score (nSPS) is 12.7. The standard InChI is InChI=1S/C11H14O2.C10H12O2/c1-13-11-7-9(4-5-10(11)12)6-8-2-3-8;1-3-4-8-5-6-9(11)10(7-8)12-2/h4-5,7-8,12H,2-3,6H2,1H3;3,5-7,11H,1,4H2,2H3. The molecular weight excluding hydrogens is 316 g/mol. The highest BCUT2D eigenvalue weighted by Gasteiger charge is 2.21. The van der Waals surface area contributed by atoms with E-state index in [0.29, 0.717) is 11.5 Å². The van der Waals surface area contributed by atoms with Gasteiger partial charge in [0, 0.05) is 0 Å². The maximum Gasteiger partial charge on any atom is 0.160 e. The monoisotopic (exact) mass is 342 g/mol. The van der Waals surface area contributed by atoms with Crippen molar-refractivity contribution in [1.82, 2.24) is 0 Å². The lowest BCUT2D eigenvalue weighted by molar-refractivity contribution is 0.373. The first kappa shape index (κ1) is 18.7. The van der Waals surface area contributed by atoms with Gasteiger partial charge in [0.1, 0.15) is 0 Å². The number of benzene rings is 2. The highest BCUT2D eigenvalue weighted by molar-refractivity contribution is 5.42. The third-order valence-electron chi connectivity index (χ3n) is 4.09. The molecule has 25 heavy (non-hydrogen) atoms. The molecule has 1 aliphatic rings. The molecular formula is C21H26O4. The Hall–Kier alpha value is -2.62. The van der Waals surface area contributed by atoms with Gasteiger partial charge in [-0.05, 0) is 67.0 Å². The maximum absolute atomic E-state index is 9.36. The number of hydrogen-bond acceptors (Lipinski definition) is 4. The molecule has 1 fully saturated rings. The molecule has 0 atom stereocenters. The number of allylic oxidation sites excluding steroid dienone is 1. The van der Waals surface area contributed by atoms with E-state index in [1.165, 1.54) is 25.5 Å². The summed E-state index contributed by atoms with van der Waals surface area (Å²) >= 11 is 0. The molecule has 1 aliphatic carbocycles. The van der Waals surface area contributed by atoms with E-state index in [1.54, 1.807) is 25.3 Å². The molecule has 4 nitrogen and oxygen atoms in total. The summed E-state index contributed by atoms with van der Waals surface area (Å²) in [4.78, 5) is 0. The topological polar surface area (TPSA) is 58.9 Å². The molecule has 0 heterocycles. The van der Waals surface area contributed by atoms with E-state index in [2.05, 4.69) is 6.58 Å². The fourth-order valence-corrected chi connectivity index (χ4v) is 2.52. The smallest absolute Gasteiger partial charge is 0.160 e. The molecule has 134 valence electrons. The first-order chi connectivity index (χ1) is 12.1. The van der Waals surface area contributed by atoms with Crippen molar-refractivity contribution >= 4 is 0 Å². The summed E-state index contributed by atoms with van der Waals surface area (Å²) in [5, 5.41) is 18.6. The summed E-state index contributed by atoms with van der Waals surface area (Å²) in [5.74, 6) is 2.36. The first-order valence-electron chi connectivity index (χ1n) is 8.40. The van der Waals surface area contributed by atoms with Gasteiger partial charge >= 0.3 is 0 Å². The molecule has 0 amide bonds. The summed E-state index contributed by atoms with van der Waals surface area (Å²) in [5.41, 5.74) is 2.34. The highest BCUT2D eigenvalue weighted by atomic mass is 16.5. The lowest BCUT2D eigenvalue weighted by Crippen LogP contribution is -1.89. The molecule has 4 heteroatoms. The van der Waals surface area contributed by atoms with Crippen LogP contribution in [0.5, 0.6) is 23.0 Å². The van der Waals surface area contributed by atoms with E-state index in [-0.39, 0.29) is 11.5 Å². The minimum Gasteiger partial charge on any atom is -0.504 e. The first-order valence-corrected chi connectivity index (χ1v) is 8.40. The third kappa shape index (κ3) is 5.75. The number of aromatic hydroxyl groups is 2. The minimum atomic E-state index is 0.172. The zero-order valence-electron chi connectivity index (χ0n) is 14.9. The van der Waals surface area contributed by atoms with E-state index in [1.807, 2.05) is 24.3 Å². The van der Waals surface area contributed by atoms with Gasteiger partial charge in [-0.15, -0.1) is 6.58 Å². The molecule has 0 aliphatic heterocycles. The largest absolute Gasteiger partial charge is 0.504 e. The van der Waals surface area contributed by atoms with Crippen molar-refractivity contribution in [2.75, 3.05) is 14.2 Å². The van der Waals surface area contributed by atoms with Crippen molar-refractivity contribution in [2.24, 2.45) is 5.92 Å². The molecule has 0 unspecified atom stereocenters. The predicted octanol–water partition coefficient (Wildman–Crippen LogP) is 4.48. The second-order valence-corrected chi connectivity index (χ2v) is 6.15. The van der Waals surface area contributed by atoms with Crippen molar-refractivity contribution in [1.29, 1.82) is 0 Å². The van der Waals surface area contributed by atoms with Gasteiger partial charge in [-0.25, -0.2) is 0 Å². The summed E-state index contributed by atoms with van der Waals surface area (Å²) in [6.45, 7) is 3.63. The van der Waals surface area contributed by atoms with E-state index >= 15 is 0 Å². The van der Waals surface area contributed by atoms with Crippen LogP contribution in [0.2, 0.25) is 0 Å². The summed E-state index contributed by atoms with van der Waals surface area (Å²) in [6.07, 6.45) is 6.42. The Bertz CT molecular complexity index is 705. The fourth-order valence-electron chi connectivity index (χ4n) is 2.52. The molecule has 3 rings (SSSR count). The van der Waals surface area contributed by atoms with Crippen LogP contribution in [0.1, 0.15) is 24.0 Å². The second kappa shape index (κ2) is 9.02. The van der Waals surface area contributed by atoms with Crippen LogP contribution >= 0.6 is 0 Å². The van der Waals surface area contributed by atoms with Crippen LogP contribution in [-0.4, -0.2) is 24.4 Å². The number of hydrogen-bond donors (Lipinski definition) is 2.